The number of benzene rings is 1. The molecule has 2 aromatic rings. The van der Waals surface area contributed by atoms with Gasteiger partial charge >= 0.3 is 5.97 Å². The molecule has 150 valence electrons. The highest BCUT2D eigenvalue weighted by molar-refractivity contribution is 5.94. The number of hydrogen-bond acceptors (Lipinski definition) is 4. The van der Waals surface area contributed by atoms with Crippen molar-refractivity contribution in [1.29, 1.82) is 0 Å². The third-order valence-electron chi connectivity index (χ3n) is 5.91. The van der Waals surface area contributed by atoms with E-state index in [4.69, 9.17) is 5.73 Å². The van der Waals surface area contributed by atoms with E-state index in [0.717, 1.165) is 18.9 Å². The van der Waals surface area contributed by atoms with Crippen LogP contribution in [0.25, 0.3) is 10.9 Å². The summed E-state index contributed by atoms with van der Waals surface area (Å²) in [6.07, 6.45) is 3.42. The normalized spacial score (nSPS) is 20.2. The van der Waals surface area contributed by atoms with Gasteiger partial charge in [-0.05, 0) is 45.1 Å². The Morgan fingerprint density at radius 1 is 1.29 bits per heavy atom. The van der Waals surface area contributed by atoms with Crippen molar-refractivity contribution in [2.75, 3.05) is 18.0 Å². The molecule has 3 N–H and O–H groups in total. The van der Waals surface area contributed by atoms with Crippen LogP contribution in [0.2, 0.25) is 0 Å². The molecule has 2 fully saturated rings. The number of aromatic carboxylic acids is 1. The van der Waals surface area contributed by atoms with E-state index >= 15 is 4.39 Å². The number of carboxylic acids is 1. The minimum absolute atomic E-state index is 0.0237. The van der Waals surface area contributed by atoms with Crippen molar-refractivity contribution in [1.82, 2.24) is 4.57 Å². The van der Waals surface area contributed by atoms with Gasteiger partial charge in [0.15, 0.2) is 5.82 Å². The SMILES string of the molecule is CC(C)(N)C1CCN(c2c(F)cc3c(=O)c(C(=O)O)cn(C4CC4)c3c2F)C1. The number of rotatable bonds is 4. The Bertz CT molecular complexity index is 1040. The van der Waals surface area contributed by atoms with Gasteiger partial charge < -0.3 is 20.3 Å². The standard InChI is InChI=1S/C20H23F2N3O3/c1-20(2,23)10-5-6-24(8-10)17-14(21)7-12-16(15(17)22)25(11-3-4-11)9-13(18(12)26)19(27)28/h7,9-11H,3-6,8,23H2,1-2H3,(H,27,28). The van der Waals surface area contributed by atoms with Gasteiger partial charge in [-0.15, -0.1) is 0 Å². The van der Waals surface area contributed by atoms with Crippen LogP contribution in [0.4, 0.5) is 14.5 Å². The highest BCUT2D eigenvalue weighted by Crippen LogP contribution is 2.40. The molecule has 0 amide bonds. The zero-order chi connectivity index (χ0) is 20.4. The summed E-state index contributed by atoms with van der Waals surface area (Å²) in [5.41, 5.74) is 4.16. The molecular formula is C20H23F2N3O3. The minimum Gasteiger partial charge on any atom is -0.477 e. The molecule has 0 bridgehead atoms. The molecule has 1 aromatic heterocycles. The fraction of sp³-hybridized carbons (Fsp3) is 0.500. The first-order valence-electron chi connectivity index (χ1n) is 9.43. The maximum Gasteiger partial charge on any atom is 0.341 e. The van der Waals surface area contributed by atoms with Crippen LogP contribution in [0.15, 0.2) is 17.1 Å². The van der Waals surface area contributed by atoms with Crippen molar-refractivity contribution in [3.63, 3.8) is 0 Å². The Morgan fingerprint density at radius 2 is 1.96 bits per heavy atom. The highest BCUT2D eigenvalue weighted by Gasteiger charge is 2.36. The molecule has 28 heavy (non-hydrogen) atoms. The lowest BCUT2D eigenvalue weighted by Crippen LogP contribution is -2.42. The summed E-state index contributed by atoms with van der Waals surface area (Å²) in [4.78, 5) is 25.6. The predicted octanol–water partition coefficient (Wildman–Crippen LogP) is 2.88. The lowest BCUT2D eigenvalue weighted by Gasteiger charge is -2.28. The van der Waals surface area contributed by atoms with Crippen LogP contribution >= 0.6 is 0 Å². The molecule has 1 aliphatic carbocycles. The largest absolute Gasteiger partial charge is 0.477 e. The quantitative estimate of drug-likeness (QED) is 0.837. The van der Waals surface area contributed by atoms with Crippen LogP contribution in [0.5, 0.6) is 0 Å². The number of carboxylic acid groups (broad SMARTS) is 1. The molecule has 4 rings (SSSR count). The molecule has 0 spiro atoms. The van der Waals surface area contributed by atoms with Gasteiger partial charge in [-0.3, -0.25) is 4.79 Å². The third kappa shape index (κ3) is 2.96. The molecule has 1 unspecified atom stereocenters. The number of anilines is 1. The van der Waals surface area contributed by atoms with Gasteiger partial charge in [0.1, 0.15) is 17.1 Å². The summed E-state index contributed by atoms with van der Waals surface area (Å²) < 4.78 is 31.9. The van der Waals surface area contributed by atoms with Crippen LogP contribution < -0.4 is 16.1 Å². The van der Waals surface area contributed by atoms with Crippen molar-refractivity contribution < 1.29 is 18.7 Å². The fourth-order valence-corrected chi connectivity index (χ4v) is 4.09. The smallest absolute Gasteiger partial charge is 0.341 e. The molecule has 0 radical (unpaired) electrons. The molecule has 1 saturated heterocycles. The van der Waals surface area contributed by atoms with Crippen LogP contribution in [0.1, 0.15) is 49.5 Å². The highest BCUT2D eigenvalue weighted by atomic mass is 19.1. The third-order valence-corrected chi connectivity index (χ3v) is 5.91. The lowest BCUT2D eigenvalue weighted by molar-refractivity contribution is 0.0694. The van der Waals surface area contributed by atoms with E-state index < -0.39 is 34.1 Å². The average molecular weight is 391 g/mol. The van der Waals surface area contributed by atoms with Gasteiger partial charge in [0.25, 0.3) is 0 Å². The Balaban J connectivity index is 1.91. The summed E-state index contributed by atoms with van der Waals surface area (Å²) in [5.74, 6) is -2.99. The van der Waals surface area contributed by atoms with Gasteiger partial charge in [-0.25, -0.2) is 13.6 Å². The zero-order valence-corrected chi connectivity index (χ0v) is 15.8. The summed E-state index contributed by atoms with van der Waals surface area (Å²) in [7, 11) is 0. The summed E-state index contributed by atoms with van der Waals surface area (Å²) >= 11 is 0. The molecule has 1 aromatic carbocycles. The second-order valence-corrected chi connectivity index (χ2v) is 8.49. The van der Waals surface area contributed by atoms with E-state index in [1.54, 1.807) is 4.90 Å². The first-order chi connectivity index (χ1) is 13.1. The monoisotopic (exact) mass is 391 g/mol. The van der Waals surface area contributed by atoms with Crippen molar-refractivity contribution >= 4 is 22.6 Å². The number of halogens is 2. The van der Waals surface area contributed by atoms with E-state index in [0.29, 0.717) is 19.5 Å². The summed E-state index contributed by atoms with van der Waals surface area (Å²) in [6.45, 7) is 4.67. The van der Waals surface area contributed by atoms with Crippen molar-refractivity contribution in [2.24, 2.45) is 11.7 Å². The van der Waals surface area contributed by atoms with Gasteiger partial charge in [-0.2, -0.15) is 0 Å². The minimum atomic E-state index is -1.40. The Labute approximate surface area is 160 Å². The van der Waals surface area contributed by atoms with Gasteiger partial charge in [0.05, 0.1) is 10.9 Å². The Kier molecular flexibility index (Phi) is 4.22. The number of nitrogens with two attached hydrogens (primary N) is 1. The van der Waals surface area contributed by atoms with Crippen LogP contribution in [0.3, 0.4) is 0 Å². The van der Waals surface area contributed by atoms with Crippen LogP contribution in [-0.2, 0) is 0 Å². The first-order valence-corrected chi connectivity index (χ1v) is 9.43. The van der Waals surface area contributed by atoms with Gasteiger partial charge in [0, 0.05) is 30.9 Å². The molecule has 1 aliphatic heterocycles. The molecular weight excluding hydrogens is 368 g/mol. The fourth-order valence-electron chi connectivity index (χ4n) is 4.09. The van der Waals surface area contributed by atoms with E-state index in [1.807, 2.05) is 13.8 Å². The topological polar surface area (TPSA) is 88.6 Å². The van der Waals surface area contributed by atoms with E-state index in [-0.39, 0.29) is 28.6 Å². The van der Waals surface area contributed by atoms with Gasteiger partial charge in [0.2, 0.25) is 5.43 Å². The van der Waals surface area contributed by atoms with Crippen LogP contribution in [-0.4, -0.2) is 34.3 Å². The van der Waals surface area contributed by atoms with Crippen LogP contribution in [0, 0.1) is 17.6 Å². The lowest BCUT2D eigenvalue weighted by atomic mass is 9.88. The number of aromatic nitrogens is 1. The number of fused-ring (bicyclic) bond motifs is 1. The van der Waals surface area contributed by atoms with E-state index in [2.05, 4.69) is 0 Å². The maximum atomic E-state index is 15.5. The predicted molar refractivity (Wildman–Crippen MR) is 102 cm³/mol. The molecule has 1 saturated carbocycles. The maximum absolute atomic E-state index is 15.5. The number of carbonyl (C=O) groups is 1. The molecule has 6 nitrogen and oxygen atoms in total. The number of nitrogens with zero attached hydrogens (tertiary/aromatic N) is 2. The number of hydrogen-bond donors (Lipinski definition) is 2. The van der Waals surface area contributed by atoms with Crippen molar-refractivity contribution in [2.45, 2.75) is 44.7 Å². The van der Waals surface area contributed by atoms with E-state index in [9.17, 15) is 19.1 Å². The molecule has 8 heteroatoms. The molecule has 2 aliphatic rings. The average Bonchev–Trinajstić information content (AvgIpc) is 3.31. The Hall–Kier alpha value is -2.48. The zero-order valence-electron chi connectivity index (χ0n) is 15.8. The van der Waals surface area contributed by atoms with E-state index in [1.165, 1.54) is 10.8 Å². The molecule has 2 heterocycles. The second kappa shape index (κ2) is 6.27. The number of pyridine rings is 1. The Morgan fingerprint density at radius 3 is 2.50 bits per heavy atom. The second-order valence-electron chi connectivity index (χ2n) is 8.49. The summed E-state index contributed by atoms with van der Waals surface area (Å²) in [5, 5.41) is 9.07. The first kappa shape index (κ1) is 18.9. The van der Waals surface area contributed by atoms with Crippen molar-refractivity contribution in [3.8, 4) is 0 Å². The molecule has 1 atom stereocenters. The van der Waals surface area contributed by atoms with Gasteiger partial charge in [-0.1, -0.05) is 0 Å². The summed E-state index contributed by atoms with van der Waals surface area (Å²) in [6, 6.07) is 0.894. The van der Waals surface area contributed by atoms with Crippen molar-refractivity contribution in [3.05, 3.63) is 39.7 Å².